The first-order valence-electron chi connectivity index (χ1n) is 7.26. The van der Waals surface area contributed by atoms with Crippen LogP contribution in [0.4, 0.5) is 5.69 Å². The van der Waals surface area contributed by atoms with E-state index in [1.165, 1.54) is 18.3 Å². The molecule has 3 aromatic rings. The summed E-state index contributed by atoms with van der Waals surface area (Å²) in [5, 5.41) is 29.6. The van der Waals surface area contributed by atoms with Crippen LogP contribution in [-0.2, 0) is 4.79 Å². The molecular formula is C18H13ClN2O5. The first kappa shape index (κ1) is 18.9. The standard InChI is InChI=1S/C9H7ClO2.C9H6N2O3/c10-8-3-1-2-7(6-8)4-5-9(11)12;12-9-7(11(13)14)4-3-6-2-1-5-10-8(6)9/h1-6H,(H,11,12);1-5,12H. The zero-order valence-corrected chi connectivity index (χ0v) is 14.0. The molecule has 1 heterocycles. The van der Waals surface area contributed by atoms with E-state index in [-0.39, 0.29) is 17.0 Å². The number of halogens is 1. The van der Waals surface area contributed by atoms with Gasteiger partial charge in [0.05, 0.1) is 4.92 Å². The van der Waals surface area contributed by atoms with Crippen molar-refractivity contribution in [2.75, 3.05) is 0 Å². The molecule has 132 valence electrons. The lowest BCUT2D eigenvalue weighted by Crippen LogP contribution is -1.89. The lowest BCUT2D eigenvalue weighted by molar-refractivity contribution is -0.385. The van der Waals surface area contributed by atoms with Gasteiger partial charge in [0.2, 0.25) is 5.75 Å². The fraction of sp³-hybridized carbons (Fsp3) is 0. The molecule has 0 aliphatic heterocycles. The average molecular weight is 373 g/mol. The molecule has 0 aliphatic carbocycles. The number of nitrogens with zero attached hydrogens (tertiary/aromatic N) is 2. The van der Waals surface area contributed by atoms with E-state index in [9.17, 15) is 20.0 Å². The Morgan fingerprint density at radius 1 is 1.19 bits per heavy atom. The van der Waals surface area contributed by atoms with Gasteiger partial charge in [-0.1, -0.05) is 29.8 Å². The molecule has 0 fully saturated rings. The van der Waals surface area contributed by atoms with E-state index in [1.807, 2.05) is 0 Å². The van der Waals surface area contributed by atoms with Gasteiger partial charge in [0.15, 0.2) is 0 Å². The van der Waals surface area contributed by atoms with Crippen molar-refractivity contribution in [1.82, 2.24) is 4.98 Å². The molecule has 0 unspecified atom stereocenters. The van der Waals surface area contributed by atoms with Crippen LogP contribution in [0.1, 0.15) is 5.56 Å². The Hall–Kier alpha value is -3.45. The van der Waals surface area contributed by atoms with Crippen LogP contribution in [0, 0.1) is 10.1 Å². The number of phenols is 1. The van der Waals surface area contributed by atoms with E-state index in [0.29, 0.717) is 10.4 Å². The topological polar surface area (TPSA) is 114 Å². The minimum atomic E-state index is -0.963. The Balaban J connectivity index is 0.000000190. The number of fused-ring (bicyclic) bond motifs is 1. The van der Waals surface area contributed by atoms with Crippen LogP contribution < -0.4 is 0 Å². The van der Waals surface area contributed by atoms with Gasteiger partial charge in [0.25, 0.3) is 0 Å². The van der Waals surface area contributed by atoms with Crippen LogP contribution in [0.5, 0.6) is 5.75 Å². The molecule has 0 aliphatic rings. The number of nitro benzene ring substituents is 1. The first-order valence-corrected chi connectivity index (χ1v) is 7.64. The summed E-state index contributed by atoms with van der Waals surface area (Å²) in [6.45, 7) is 0. The number of benzene rings is 2. The second-order valence-corrected chi connectivity index (χ2v) is 5.43. The van der Waals surface area contributed by atoms with Gasteiger partial charge in [-0.25, -0.2) is 4.79 Å². The number of nitro groups is 1. The van der Waals surface area contributed by atoms with Gasteiger partial charge in [0.1, 0.15) is 5.52 Å². The highest BCUT2D eigenvalue weighted by Gasteiger charge is 2.15. The summed E-state index contributed by atoms with van der Waals surface area (Å²) >= 11 is 5.68. The van der Waals surface area contributed by atoms with Crippen molar-refractivity contribution in [1.29, 1.82) is 0 Å². The number of aromatic hydroxyl groups is 1. The maximum Gasteiger partial charge on any atom is 0.328 e. The van der Waals surface area contributed by atoms with Crippen LogP contribution >= 0.6 is 11.6 Å². The third kappa shape index (κ3) is 5.02. The minimum absolute atomic E-state index is 0.252. The monoisotopic (exact) mass is 372 g/mol. The molecule has 0 amide bonds. The van der Waals surface area contributed by atoms with Crippen molar-refractivity contribution in [3.63, 3.8) is 0 Å². The number of hydrogen-bond donors (Lipinski definition) is 2. The third-order valence-electron chi connectivity index (χ3n) is 3.19. The van der Waals surface area contributed by atoms with E-state index in [0.717, 1.165) is 11.6 Å². The zero-order valence-electron chi connectivity index (χ0n) is 13.2. The smallest absolute Gasteiger partial charge is 0.328 e. The molecular weight excluding hydrogens is 360 g/mol. The number of carboxylic acid groups (broad SMARTS) is 1. The minimum Gasteiger partial charge on any atom is -0.501 e. The van der Waals surface area contributed by atoms with Crippen molar-refractivity contribution in [3.8, 4) is 5.75 Å². The van der Waals surface area contributed by atoms with Gasteiger partial charge in [-0.05, 0) is 35.9 Å². The van der Waals surface area contributed by atoms with Crippen molar-refractivity contribution in [2.45, 2.75) is 0 Å². The van der Waals surface area contributed by atoms with Crippen LogP contribution in [0.25, 0.3) is 17.0 Å². The van der Waals surface area contributed by atoms with Gasteiger partial charge < -0.3 is 10.2 Å². The highest BCUT2D eigenvalue weighted by Crippen LogP contribution is 2.32. The predicted molar refractivity (Wildman–Crippen MR) is 98.2 cm³/mol. The molecule has 0 saturated carbocycles. The van der Waals surface area contributed by atoms with Crippen molar-refractivity contribution in [3.05, 3.63) is 81.5 Å². The molecule has 26 heavy (non-hydrogen) atoms. The van der Waals surface area contributed by atoms with E-state index in [1.54, 1.807) is 42.5 Å². The molecule has 3 rings (SSSR count). The highest BCUT2D eigenvalue weighted by molar-refractivity contribution is 6.30. The van der Waals surface area contributed by atoms with Crippen molar-refractivity contribution >= 4 is 40.2 Å². The van der Waals surface area contributed by atoms with Gasteiger partial charge in [-0.15, -0.1) is 0 Å². The Morgan fingerprint density at radius 3 is 2.62 bits per heavy atom. The first-order chi connectivity index (χ1) is 12.4. The molecule has 2 aromatic carbocycles. The number of hydrogen-bond acceptors (Lipinski definition) is 5. The summed E-state index contributed by atoms with van der Waals surface area (Å²) in [6.07, 6.45) is 4.05. The zero-order chi connectivity index (χ0) is 19.1. The summed E-state index contributed by atoms with van der Waals surface area (Å²) in [4.78, 5) is 23.9. The Labute approximate surface area is 153 Å². The molecule has 0 spiro atoms. The lowest BCUT2D eigenvalue weighted by atomic mass is 10.2. The molecule has 0 bridgehead atoms. The fourth-order valence-corrected chi connectivity index (χ4v) is 2.24. The SMILES string of the molecule is O=C(O)C=Cc1cccc(Cl)c1.O=[N+]([O-])c1ccc2cccnc2c1O. The summed E-state index contributed by atoms with van der Waals surface area (Å²) in [6, 6.07) is 13.2. The number of aromatic nitrogens is 1. The second-order valence-electron chi connectivity index (χ2n) is 4.99. The van der Waals surface area contributed by atoms with Crippen LogP contribution in [-0.4, -0.2) is 26.1 Å². The molecule has 7 nitrogen and oxygen atoms in total. The summed E-state index contributed by atoms with van der Waals surface area (Å²) in [5.74, 6) is -1.34. The largest absolute Gasteiger partial charge is 0.501 e. The van der Waals surface area contributed by atoms with E-state index in [2.05, 4.69) is 4.98 Å². The van der Waals surface area contributed by atoms with Crippen molar-refractivity contribution < 1.29 is 19.9 Å². The van der Waals surface area contributed by atoms with E-state index >= 15 is 0 Å². The van der Waals surface area contributed by atoms with E-state index in [4.69, 9.17) is 16.7 Å². The number of pyridine rings is 1. The molecule has 2 N–H and O–H groups in total. The van der Waals surface area contributed by atoms with Crippen LogP contribution in [0.15, 0.2) is 60.8 Å². The number of aliphatic carboxylic acids is 1. The van der Waals surface area contributed by atoms with Gasteiger partial charge in [-0.3, -0.25) is 15.1 Å². The normalized spacial score (nSPS) is 10.3. The fourth-order valence-electron chi connectivity index (χ4n) is 2.04. The molecule has 0 atom stereocenters. The second kappa shape index (κ2) is 8.59. The maximum atomic E-state index is 10.5. The number of phenolic OH excluding ortho intramolecular Hbond substituents is 1. The predicted octanol–water partition coefficient (Wildman–Crippen LogP) is 4.29. The molecule has 8 heteroatoms. The summed E-state index contributed by atoms with van der Waals surface area (Å²) in [7, 11) is 0. The molecule has 1 aromatic heterocycles. The number of rotatable bonds is 3. The quantitative estimate of drug-likeness (QED) is 0.403. The van der Waals surface area contributed by atoms with Crippen molar-refractivity contribution in [2.24, 2.45) is 0 Å². The highest BCUT2D eigenvalue weighted by atomic mass is 35.5. The third-order valence-corrected chi connectivity index (χ3v) is 3.43. The average Bonchev–Trinajstić information content (AvgIpc) is 2.61. The van der Waals surface area contributed by atoms with Gasteiger partial charge >= 0.3 is 11.7 Å². The Kier molecular flexibility index (Phi) is 6.24. The van der Waals surface area contributed by atoms with Gasteiger partial charge in [-0.2, -0.15) is 0 Å². The molecule has 0 radical (unpaired) electrons. The van der Waals surface area contributed by atoms with Crippen LogP contribution in [0.2, 0.25) is 5.02 Å². The summed E-state index contributed by atoms with van der Waals surface area (Å²) < 4.78 is 0. The number of carboxylic acids is 1. The lowest BCUT2D eigenvalue weighted by Gasteiger charge is -1.99. The Morgan fingerprint density at radius 2 is 1.96 bits per heavy atom. The van der Waals surface area contributed by atoms with E-state index < -0.39 is 10.9 Å². The van der Waals surface area contributed by atoms with Gasteiger partial charge in [0, 0.05) is 28.7 Å². The summed E-state index contributed by atoms with van der Waals surface area (Å²) in [5.41, 5.74) is 0.711. The number of carbonyl (C=O) groups is 1. The maximum absolute atomic E-state index is 10.5. The van der Waals surface area contributed by atoms with Crippen LogP contribution in [0.3, 0.4) is 0 Å². The molecule has 0 saturated heterocycles. The Bertz CT molecular complexity index is 988.